The number of rotatable bonds is 3. The summed E-state index contributed by atoms with van der Waals surface area (Å²) in [4.78, 5) is 0. The van der Waals surface area contributed by atoms with Crippen LogP contribution < -0.4 is 10.5 Å². The number of aryl methyl sites for hydroxylation is 2. The van der Waals surface area contributed by atoms with Gasteiger partial charge in [-0.2, -0.15) is 10.2 Å². The molecule has 0 aliphatic rings. The molecule has 94 valence electrons. The van der Waals surface area contributed by atoms with Crippen molar-refractivity contribution in [1.29, 1.82) is 0 Å². The lowest BCUT2D eigenvalue weighted by Gasteiger charge is -2.10. The molecule has 2 N–H and O–H groups in total. The largest absolute Gasteiger partial charge is 0.496 e. The average Bonchev–Trinajstić information content (AvgIpc) is 2.41. The zero-order chi connectivity index (χ0) is 13.1. The molecule has 0 unspecified atom stereocenters. The SMILES string of the molecule is COc1cc(C)c(-c2ccc(CN)nn2)cc1C. The maximum atomic E-state index is 5.51. The van der Waals surface area contributed by atoms with E-state index in [-0.39, 0.29) is 0 Å². The van der Waals surface area contributed by atoms with Gasteiger partial charge in [-0.3, -0.25) is 0 Å². The Morgan fingerprint density at radius 2 is 1.89 bits per heavy atom. The second kappa shape index (κ2) is 5.14. The third-order valence-electron chi connectivity index (χ3n) is 2.95. The second-order valence-corrected chi connectivity index (χ2v) is 4.25. The molecule has 1 aromatic heterocycles. The maximum Gasteiger partial charge on any atom is 0.122 e. The minimum Gasteiger partial charge on any atom is -0.496 e. The van der Waals surface area contributed by atoms with Gasteiger partial charge in [-0.25, -0.2) is 0 Å². The standard InChI is InChI=1S/C14H17N3O/c1-9-7-14(18-3)10(2)6-12(9)13-5-4-11(8-15)16-17-13/h4-7H,8,15H2,1-3H3. The monoisotopic (exact) mass is 243 g/mol. The lowest BCUT2D eigenvalue weighted by molar-refractivity contribution is 0.411. The van der Waals surface area contributed by atoms with Crippen LogP contribution in [0.25, 0.3) is 11.3 Å². The molecule has 0 bridgehead atoms. The third kappa shape index (κ3) is 2.33. The van der Waals surface area contributed by atoms with Crippen molar-refractivity contribution in [3.63, 3.8) is 0 Å². The number of nitrogens with zero attached hydrogens (tertiary/aromatic N) is 2. The first kappa shape index (κ1) is 12.5. The van der Waals surface area contributed by atoms with E-state index >= 15 is 0 Å². The van der Waals surface area contributed by atoms with Gasteiger partial charge in [-0.1, -0.05) is 0 Å². The zero-order valence-electron chi connectivity index (χ0n) is 10.9. The second-order valence-electron chi connectivity index (χ2n) is 4.25. The van der Waals surface area contributed by atoms with E-state index in [4.69, 9.17) is 10.5 Å². The van der Waals surface area contributed by atoms with E-state index < -0.39 is 0 Å². The number of benzene rings is 1. The smallest absolute Gasteiger partial charge is 0.122 e. The molecule has 0 amide bonds. The van der Waals surface area contributed by atoms with Crippen molar-refractivity contribution in [1.82, 2.24) is 10.2 Å². The van der Waals surface area contributed by atoms with E-state index in [0.29, 0.717) is 6.54 Å². The molecule has 2 aromatic rings. The molecule has 0 fully saturated rings. The number of nitrogens with two attached hydrogens (primary N) is 1. The molecule has 4 nitrogen and oxygen atoms in total. The van der Waals surface area contributed by atoms with E-state index in [1.165, 1.54) is 0 Å². The highest BCUT2D eigenvalue weighted by atomic mass is 16.5. The van der Waals surface area contributed by atoms with Crippen LogP contribution in [-0.2, 0) is 6.54 Å². The van der Waals surface area contributed by atoms with Crippen LogP contribution in [-0.4, -0.2) is 17.3 Å². The predicted molar refractivity (Wildman–Crippen MR) is 71.4 cm³/mol. The van der Waals surface area contributed by atoms with E-state index in [0.717, 1.165) is 33.8 Å². The Balaban J connectivity index is 2.46. The summed E-state index contributed by atoms with van der Waals surface area (Å²) >= 11 is 0. The minimum atomic E-state index is 0.411. The summed E-state index contributed by atoms with van der Waals surface area (Å²) in [7, 11) is 1.68. The third-order valence-corrected chi connectivity index (χ3v) is 2.95. The average molecular weight is 243 g/mol. The molecular formula is C14H17N3O. The van der Waals surface area contributed by atoms with Gasteiger partial charge >= 0.3 is 0 Å². The van der Waals surface area contributed by atoms with Crippen molar-refractivity contribution < 1.29 is 4.74 Å². The fraction of sp³-hybridized carbons (Fsp3) is 0.286. The summed E-state index contributed by atoms with van der Waals surface area (Å²) in [6.07, 6.45) is 0. The molecule has 0 aliphatic carbocycles. The van der Waals surface area contributed by atoms with Crippen LogP contribution in [0.3, 0.4) is 0 Å². The van der Waals surface area contributed by atoms with Crippen LogP contribution in [0.2, 0.25) is 0 Å². The first-order valence-electron chi connectivity index (χ1n) is 5.84. The van der Waals surface area contributed by atoms with E-state index in [2.05, 4.69) is 16.3 Å². The minimum absolute atomic E-state index is 0.411. The molecule has 1 aromatic carbocycles. The van der Waals surface area contributed by atoms with Gasteiger partial charge in [0.25, 0.3) is 0 Å². The van der Waals surface area contributed by atoms with Gasteiger partial charge in [-0.05, 0) is 49.2 Å². The van der Waals surface area contributed by atoms with Crippen molar-refractivity contribution in [3.05, 3.63) is 41.1 Å². The molecule has 4 heteroatoms. The Bertz CT molecular complexity index is 550. The van der Waals surface area contributed by atoms with Gasteiger partial charge in [0.2, 0.25) is 0 Å². The molecule has 18 heavy (non-hydrogen) atoms. The van der Waals surface area contributed by atoms with Gasteiger partial charge in [0.1, 0.15) is 5.75 Å². The van der Waals surface area contributed by atoms with Crippen LogP contribution in [0.4, 0.5) is 0 Å². The summed E-state index contributed by atoms with van der Waals surface area (Å²) in [5.41, 5.74) is 10.4. The van der Waals surface area contributed by atoms with Crippen molar-refractivity contribution >= 4 is 0 Å². The van der Waals surface area contributed by atoms with Crippen molar-refractivity contribution in [2.45, 2.75) is 20.4 Å². The Kier molecular flexibility index (Phi) is 3.58. The first-order chi connectivity index (χ1) is 8.65. The summed E-state index contributed by atoms with van der Waals surface area (Å²) < 4.78 is 5.30. The molecule has 0 aliphatic heterocycles. The number of hydrogen-bond acceptors (Lipinski definition) is 4. The van der Waals surface area contributed by atoms with Crippen molar-refractivity contribution in [3.8, 4) is 17.0 Å². The van der Waals surface area contributed by atoms with E-state index in [9.17, 15) is 0 Å². The quantitative estimate of drug-likeness (QED) is 0.898. The highest BCUT2D eigenvalue weighted by Crippen LogP contribution is 2.28. The van der Waals surface area contributed by atoms with Gasteiger partial charge in [0.15, 0.2) is 0 Å². The molecule has 1 heterocycles. The van der Waals surface area contributed by atoms with Crippen LogP contribution in [0.15, 0.2) is 24.3 Å². The van der Waals surface area contributed by atoms with Crippen LogP contribution in [0.1, 0.15) is 16.8 Å². The van der Waals surface area contributed by atoms with Gasteiger partial charge in [0.05, 0.1) is 18.5 Å². The summed E-state index contributed by atoms with van der Waals surface area (Å²) in [6, 6.07) is 7.94. The normalized spacial score (nSPS) is 10.4. The number of methoxy groups -OCH3 is 1. The van der Waals surface area contributed by atoms with Crippen LogP contribution >= 0.6 is 0 Å². The van der Waals surface area contributed by atoms with Crippen LogP contribution in [0.5, 0.6) is 5.75 Å². The van der Waals surface area contributed by atoms with Crippen molar-refractivity contribution in [2.24, 2.45) is 5.73 Å². The number of ether oxygens (including phenoxy) is 1. The summed E-state index contributed by atoms with van der Waals surface area (Å²) in [6.45, 7) is 4.47. The lowest BCUT2D eigenvalue weighted by atomic mass is 10.0. The number of aromatic nitrogens is 2. The predicted octanol–water partition coefficient (Wildman–Crippen LogP) is 2.23. The van der Waals surface area contributed by atoms with Crippen LogP contribution in [0, 0.1) is 13.8 Å². The lowest BCUT2D eigenvalue weighted by Crippen LogP contribution is -2.01. The molecule has 0 saturated carbocycles. The molecule has 0 radical (unpaired) electrons. The van der Waals surface area contributed by atoms with Gasteiger partial charge < -0.3 is 10.5 Å². The Labute approximate surface area is 107 Å². The molecule has 2 rings (SSSR count). The maximum absolute atomic E-state index is 5.51. The van der Waals surface area contributed by atoms with Crippen molar-refractivity contribution in [2.75, 3.05) is 7.11 Å². The van der Waals surface area contributed by atoms with E-state index in [1.807, 2.05) is 32.0 Å². The molecule has 0 saturated heterocycles. The summed E-state index contributed by atoms with van der Waals surface area (Å²) in [5, 5.41) is 8.29. The highest BCUT2D eigenvalue weighted by molar-refractivity contribution is 5.66. The first-order valence-corrected chi connectivity index (χ1v) is 5.84. The zero-order valence-corrected chi connectivity index (χ0v) is 10.9. The Hall–Kier alpha value is -1.94. The van der Waals surface area contributed by atoms with Gasteiger partial charge in [-0.15, -0.1) is 0 Å². The molecule has 0 atom stereocenters. The Morgan fingerprint density at radius 3 is 2.44 bits per heavy atom. The molecule has 0 spiro atoms. The topological polar surface area (TPSA) is 61.0 Å². The summed E-state index contributed by atoms with van der Waals surface area (Å²) in [5.74, 6) is 0.891. The fourth-order valence-electron chi connectivity index (χ4n) is 1.90. The Morgan fingerprint density at radius 1 is 1.11 bits per heavy atom. The molecular weight excluding hydrogens is 226 g/mol. The number of hydrogen-bond donors (Lipinski definition) is 1. The van der Waals surface area contributed by atoms with Gasteiger partial charge in [0, 0.05) is 12.1 Å². The highest BCUT2D eigenvalue weighted by Gasteiger charge is 2.08. The fourth-order valence-corrected chi connectivity index (χ4v) is 1.90. The van der Waals surface area contributed by atoms with E-state index in [1.54, 1.807) is 7.11 Å².